The zero-order chi connectivity index (χ0) is 13.8. The maximum absolute atomic E-state index is 5.79. The lowest BCUT2D eigenvalue weighted by atomic mass is 10.1. The molecule has 0 amide bonds. The Labute approximate surface area is 118 Å². The van der Waals surface area contributed by atoms with Gasteiger partial charge in [-0.15, -0.1) is 0 Å². The van der Waals surface area contributed by atoms with Crippen LogP contribution < -0.4 is 5.73 Å². The van der Waals surface area contributed by atoms with E-state index in [1.54, 1.807) is 0 Å². The van der Waals surface area contributed by atoms with E-state index in [9.17, 15) is 0 Å². The summed E-state index contributed by atoms with van der Waals surface area (Å²) in [4.78, 5) is 4.35. The zero-order valence-electron chi connectivity index (χ0n) is 11.1. The van der Waals surface area contributed by atoms with Gasteiger partial charge in [-0.05, 0) is 35.4 Å². The maximum Gasteiger partial charge on any atom is 0.0728 e. The van der Waals surface area contributed by atoms with Crippen LogP contribution in [0.2, 0.25) is 0 Å². The summed E-state index contributed by atoms with van der Waals surface area (Å²) in [5, 5.41) is 1.15. The average molecular weight is 264 g/mol. The van der Waals surface area contributed by atoms with Crippen LogP contribution >= 0.6 is 0 Å². The number of rotatable bonds is 4. The first-order chi connectivity index (χ1) is 9.83. The number of nitrogen functional groups attached to an aromatic ring is 1. The number of anilines is 1. The highest BCUT2D eigenvalue weighted by molar-refractivity contribution is 5.81. The van der Waals surface area contributed by atoms with Gasteiger partial charge in [0.1, 0.15) is 0 Å². The van der Waals surface area contributed by atoms with Crippen LogP contribution in [-0.2, 0) is 18.0 Å². The van der Waals surface area contributed by atoms with Crippen LogP contribution in [0.1, 0.15) is 11.1 Å². The Kier molecular flexibility index (Phi) is 3.61. The highest BCUT2D eigenvalue weighted by atomic mass is 16.5. The first-order valence-corrected chi connectivity index (χ1v) is 6.58. The predicted molar refractivity (Wildman–Crippen MR) is 81.1 cm³/mol. The molecule has 0 atom stereocenters. The fraction of sp³-hybridized carbons (Fsp3) is 0.118. The molecule has 3 rings (SSSR count). The van der Waals surface area contributed by atoms with Crippen molar-refractivity contribution in [3.63, 3.8) is 0 Å². The average Bonchev–Trinajstić information content (AvgIpc) is 2.49. The summed E-state index contributed by atoms with van der Waals surface area (Å²) < 4.78 is 5.79. The monoisotopic (exact) mass is 264 g/mol. The number of benzene rings is 2. The van der Waals surface area contributed by atoms with E-state index in [0.29, 0.717) is 13.2 Å². The van der Waals surface area contributed by atoms with E-state index in [0.717, 1.165) is 27.7 Å². The lowest BCUT2D eigenvalue weighted by molar-refractivity contribution is 0.108. The van der Waals surface area contributed by atoms with Gasteiger partial charge in [0.05, 0.1) is 18.7 Å². The van der Waals surface area contributed by atoms with Gasteiger partial charge in [0.15, 0.2) is 0 Å². The molecule has 0 radical (unpaired) electrons. The zero-order valence-corrected chi connectivity index (χ0v) is 11.1. The molecule has 3 aromatic rings. The number of pyridine rings is 1. The molecule has 0 spiro atoms. The third-order valence-corrected chi connectivity index (χ3v) is 3.25. The molecule has 0 unspecified atom stereocenters. The minimum Gasteiger partial charge on any atom is -0.399 e. The van der Waals surface area contributed by atoms with Crippen molar-refractivity contribution in [3.8, 4) is 0 Å². The highest BCUT2D eigenvalue weighted by Gasteiger charge is 2.01. The van der Waals surface area contributed by atoms with Gasteiger partial charge in [-0.2, -0.15) is 0 Å². The second-order valence-corrected chi connectivity index (χ2v) is 4.72. The van der Waals surface area contributed by atoms with Crippen molar-refractivity contribution in [3.05, 3.63) is 71.9 Å². The molecule has 0 aliphatic heterocycles. The maximum atomic E-state index is 5.79. The van der Waals surface area contributed by atoms with Gasteiger partial charge in [-0.1, -0.05) is 30.3 Å². The van der Waals surface area contributed by atoms with E-state index in [-0.39, 0.29) is 0 Å². The van der Waals surface area contributed by atoms with Crippen LogP contribution in [0, 0.1) is 0 Å². The summed E-state index contributed by atoms with van der Waals surface area (Å²) in [6.07, 6.45) is 1.82. The molecular formula is C17H16N2O. The lowest BCUT2D eigenvalue weighted by Crippen LogP contribution is -1.96. The standard InChI is InChI=1S/C17H16N2O/c18-15-7-5-13(6-8-15)11-20-12-14-9-10-19-17-4-2-1-3-16(14)17/h1-10H,11-12,18H2. The number of aromatic nitrogens is 1. The van der Waals surface area contributed by atoms with Crippen LogP contribution in [-0.4, -0.2) is 4.98 Å². The quantitative estimate of drug-likeness (QED) is 0.733. The Bertz CT molecular complexity index is 702. The first kappa shape index (κ1) is 12.6. The lowest BCUT2D eigenvalue weighted by Gasteiger charge is -2.07. The van der Waals surface area contributed by atoms with Crippen LogP contribution in [0.3, 0.4) is 0 Å². The smallest absolute Gasteiger partial charge is 0.0728 e. The Morgan fingerprint density at radius 1 is 0.900 bits per heavy atom. The van der Waals surface area contributed by atoms with Gasteiger partial charge in [0, 0.05) is 17.3 Å². The van der Waals surface area contributed by atoms with Crippen molar-refractivity contribution >= 4 is 16.6 Å². The summed E-state index contributed by atoms with van der Waals surface area (Å²) in [7, 11) is 0. The molecule has 2 N–H and O–H groups in total. The van der Waals surface area contributed by atoms with E-state index >= 15 is 0 Å². The SMILES string of the molecule is Nc1ccc(COCc2ccnc3ccccc23)cc1. The van der Waals surface area contributed by atoms with Crippen molar-refractivity contribution in [2.75, 3.05) is 5.73 Å². The summed E-state index contributed by atoms with van der Waals surface area (Å²) >= 11 is 0. The minimum absolute atomic E-state index is 0.577. The van der Waals surface area contributed by atoms with Gasteiger partial charge in [0.2, 0.25) is 0 Å². The number of para-hydroxylation sites is 1. The summed E-state index contributed by atoms with van der Waals surface area (Å²) in [5.74, 6) is 0. The Morgan fingerprint density at radius 3 is 2.55 bits per heavy atom. The molecule has 0 bridgehead atoms. The van der Waals surface area contributed by atoms with E-state index in [1.165, 1.54) is 0 Å². The molecule has 0 aliphatic rings. The van der Waals surface area contributed by atoms with Crippen molar-refractivity contribution in [2.24, 2.45) is 0 Å². The van der Waals surface area contributed by atoms with Crippen LogP contribution in [0.5, 0.6) is 0 Å². The molecule has 2 aromatic carbocycles. The number of fused-ring (bicyclic) bond motifs is 1. The molecule has 0 aliphatic carbocycles. The molecule has 0 saturated carbocycles. The van der Waals surface area contributed by atoms with Gasteiger partial charge >= 0.3 is 0 Å². The third kappa shape index (κ3) is 2.78. The fourth-order valence-corrected chi connectivity index (χ4v) is 2.17. The Balaban J connectivity index is 1.69. The molecule has 20 heavy (non-hydrogen) atoms. The molecule has 0 fully saturated rings. The normalized spacial score (nSPS) is 10.8. The molecule has 3 heteroatoms. The predicted octanol–water partition coefficient (Wildman–Crippen LogP) is 3.53. The molecule has 1 aromatic heterocycles. The van der Waals surface area contributed by atoms with Crippen molar-refractivity contribution < 1.29 is 4.74 Å². The van der Waals surface area contributed by atoms with E-state index in [1.807, 2.05) is 54.7 Å². The largest absolute Gasteiger partial charge is 0.399 e. The molecule has 0 saturated heterocycles. The Hall–Kier alpha value is -2.39. The highest BCUT2D eigenvalue weighted by Crippen LogP contribution is 2.17. The molecule has 3 nitrogen and oxygen atoms in total. The number of nitrogens with two attached hydrogens (primary N) is 1. The van der Waals surface area contributed by atoms with Crippen molar-refractivity contribution in [1.29, 1.82) is 0 Å². The molecule has 100 valence electrons. The van der Waals surface area contributed by atoms with Crippen LogP contribution in [0.25, 0.3) is 10.9 Å². The molecular weight excluding hydrogens is 248 g/mol. The summed E-state index contributed by atoms with van der Waals surface area (Å²) in [5.41, 5.74) is 9.72. The molecule has 1 heterocycles. The van der Waals surface area contributed by atoms with Gasteiger partial charge in [-0.3, -0.25) is 4.98 Å². The minimum atomic E-state index is 0.577. The number of nitrogens with zero attached hydrogens (tertiary/aromatic N) is 1. The second kappa shape index (κ2) is 5.72. The van der Waals surface area contributed by atoms with Gasteiger partial charge in [-0.25, -0.2) is 0 Å². The number of hydrogen-bond donors (Lipinski definition) is 1. The van der Waals surface area contributed by atoms with Crippen LogP contribution in [0.15, 0.2) is 60.8 Å². The fourth-order valence-electron chi connectivity index (χ4n) is 2.17. The topological polar surface area (TPSA) is 48.1 Å². The third-order valence-electron chi connectivity index (χ3n) is 3.25. The second-order valence-electron chi connectivity index (χ2n) is 4.72. The van der Waals surface area contributed by atoms with Gasteiger partial charge in [0.25, 0.3) is 0 Å². The number of ether oxygens (including phenoxy) is 1. The van der Waals surface area contributed by atoms with E-state index < -0.39 is 0 Å². The van der Waals surface area contributed by atoms with E-state index in [4.69, 9.17) is 10.5 Å². The van der Waals surface area contributed by atoms with Crippen molar-refractivity contribution in [1.82, 2.24) is 4.98 Å². The Morgan fingerprint density at radius 2 is 1.70 bits per heavy atom. The first-order valence-electron chi connectivity index (χ1n) is 6.58. The van der Waals surface area contributed by atoms with Crippen LogP contribution in [0.4, 0.5) is 5.69 Å². The summed E-state index contributed by atoms with van der Waals surface area (Å²) in [6, 6.07) is 17.9. The van der Waals surface area contributed by atoms with Crippen molar-refractivity contribution in [2.45, 2.75) is 13.2 Å². The van der Waals surface area contributed by atoms with Gasteiger partial charge < -0.3 is 10.5 Å². The summed E-state index contributed by atoms with van der Waals surface area (Å²) in [6.45, 7) is 1.16. The van der Waals surface area contributed by atoms with E-state index in [2.05, 4.69) is 11.1 Å². The number of hydrogen-bond acceptors (Lipinski definition) is 3.